The predicted molar refractivity (Wildman–Crippen MR) is 79.6 cm³/mol. The molecule has 0 aliphatic carbocycles. The molecule has 1 aliphatic rings. The number of hydrogen-bond donors (Lipinski definition) is 1. The first kappa shape index (κ1) is 15.1. The average Bonchev–Trinajstić information content (AvgIpc) is 2.98. The van der Waals surface area contributed by atoms with E-state index in [2.05, 4.69) is 5.32 Å². The van der Waals surface area contributed by atoms with Crippen molar-refractivity contribution in [3.63, 3.8) is 0 Å². The van der Waals surface area contributed by atoms with Crippen LogP contribution in [0.1, 0.15) is 26.2 Å². The molecule has 0 radical (unpaired) electrons. The van der Waals surface area contributed by atoms with Gasteiger partial charge in [-0.1, -0.05) is 12.1 Å². The zero-order valence-electron chi connectivity index (χ0n) is 12.3. The van der Waals surface area contributed by atoms with Crippen molar-refractivity contribution in [2.75, 3.05) is 32.9 Å². The number of hydrogen-bond acceptors (Lipinski definition) is 4. The summed E-state index contributed by atoms with van der Waals surface area (Å²) >= 11 is 0. The average molecular weight is 279 g/mol. The molecule has 4 nitrogen and oxygen atoms in total. The van der Waals surface area contributed by atoms with Gasteiger partial charge in [0.05, 0.1) is 12.7 Å². The van der Waals surface area contributed by atoms with Crippen molar-refractivity contribution in [2.45, 2.75) is 32.3 Å². The second kappa shape index (κ2) is 8.82. The second-order valence-electron chi connectivity index (χ2n) is 4.90. The van der Waals surface area contributed by atoms with Crippen LogP contribution < -0.4 is 14.8 Å². The Kier molecular flexibility index (Phi) is 6.68. The predicted octanol–water partition coefficient (Wildman–Crippen LogP) is 2.62. The maximum Gasteiger partial charge on any atom is 0.161 e. The standard InChI is InChI=1S/C16H25NO3/c1-2-18-15-7-3-4-8-16(15)20-13-11-17-10-9-14-6-5-12-19-14/h3-4,7-8,14,17H,2,5-6,9-13H2,1H3. The van der Waals surface area contributed by atoms with Gasteiger partial charge in [-0.15, -0.1) is 0 Å². The van der Waals surface area contributed by atoms with Gasteiger partial charge in [0.15, 0.2) is 11.5 Å². The fourth-order valence-corrected chi connectivity index (χ4v) is 2.34. The molecule has 1 heterocycles. The van der Waals surface area contributed by atoms with E-state index in [4.69, 9.17) is 14.2 Å². The molecule has 1 N–H and O–H groups in total. The van der Waals surface area contributed by atoms with Gasteiger partial charge >= 0.3 is 0 Å². The fourth-order valence-electron chi connectivity index (χ4n) is 2.34. The summed E-state index contributed by atoms with van der Waals surface area (Å²) < 4.78 is 16.8. The van der Waals surface area contributed by atoms with E-state index >= 15 is 0 Å². The Morgan fingerprint density at radius 1 is 1.20 bits per heavy atom. The SMILES string of the molecule is CCOc1ccccc1OCCNCCC1CCCO1. The smallest absolute Gasteiger partial charge is 0.161 e. The molecule has 20 heavy (non-hydrogen) atoms. The second-order valence-corrected chi connectivity index (χ2v) is 4.90. The first-order chi connectivity index (χ1) is 9.90. The van der Waals surface area contributed by atoms with Crippen LogP contribution in [0.4, 0.5) is 0 Å². The van der Waals surface area contributed by atoms with Gasteiger partial charge in [-0.05, 0) is 44.9 Å². The van der Waals surface area contributed by atoms with Gasteiger partial charge in [-0.2, -0.15) is 0 Å². The normalized spacial score (nSPS) is 18.1. The number of rotatable bonds is 9. The van der Waals surface area contributed by atoms with Crippen LogP contribution in [-0.2, 0) is 4.74 Å². The van der Waals surface area contributed by atoms with Crippen molar-refractivity contribution < 1.29 is 14.2 Å². The van der Waals surface area contributed by atoms with E-state index in [0.29, 0.717) is 19.3 Å². The van der Waals surface area contributed by atoms with E-state index < -0.39 is 0 Å². The van der Waals surface area contributed by atoms with Gasteiger partial charge in [0.2, 0.25) is 0 Å². The highest BCUT2D eigenvalue weighted by molar-refractivity contribution is 5.39. The summed E-state index contributed by atoms with van der Waals surface area (Å²) in [6.07, 6.45) is 3.97. The molecule has 0 spiro atoms. The highest BCUT2D eigenvalue weighted by Gasteiger charge is 2.14. The summed E-state index contributed by atoms with van der Waals surface area (Å²) in [6, 6.07) is 7.79. The zero-order chi connectivity index (χ0) is 14.0. The van der Waals surface area contributed by atoms with Crippen LogP contribution in [0.15, 0.2) is 24.3 Å². The third kappa shape index (κ3) is 5.02. The molecule has 1 unspecified atom stereocenters. The van der Waals surface area contributed by atoms with Gasteiger partial charge < -0.3 is 19.5 Å². The number of ether oxygens (including phenoxy) is 3. The Balaban J connectivity index is 1.58. The maximum absolute atomic E-state index is 5.74. The summed E-state index contributed by atoms with van der Waals surface area (Å²) in [5, 5.41) is 3.39. The molecule has 1 atom stereocenters. The fraction of sp³-hybridized carbons (Fsp3) is 0.625. The highest BCUT2D eigenvalue weighted by atomic mass is 16.5. The van der Waals surface area contributed by atoms with Crippen molar-refractivity contribution >= 4 is 0 Å². The minimum absolute atomic E-state index is 0.460. The van der Waals surface area contributed by atoms with Gasteiger partial charge in [0.25, 0.3) is 0 Å². The summed E-state index contributed by atoms with van der Waals surface area (Å²) in [6.45, 7) is 6.04. The Bertz CT molecular complexity index is 378. The van der Waals surface area contributed by atoms with Crippen LogP contribution in [0.25, 0.3) is 0 Å². The first-order valence-corrected chi connectivity index (χ1v) is 7.57. The summed E-state index contributed by atoms with van der Waals surface area (Å²) in [5.41, 5.74) is 0. The van der Waals surface area contributed by atoms with Crippen LogP contribution in [0, 0.1) is 0 Å². The van der Waals surface area contributed by atoms with E-state index in [0.717, 1.165) is 37.6 Å². The van der Waals surface area contributed by atoms with E-state index in [-0.39, 0.29) is 0 Å². The lowest BCUT2D eigenvalue weighted by molar-refractivity contribution is 0.104. The van der Waals surface area contributed by atoms with E-state index in [1.54, 1.807) is 0 Å². The van der Waals surface area contributed by atoms with Crippen molar-refractivity contribution in [2.24, 2.45) is 0 Å². The molecule has 2 rings (SSSR count). The van der Waals surface area contributed by atoms with Crippen molar-refractivity contribution in [3.05, 3.63) is 24.3 Å². The zero-order valence-corrected chi connectivity index (χ0v) is 12.3. The molecule has 0 amide bonds. The van der Waals surface area contributed by atoms with Crippen molar-refractivity contribution in [1.29, 1.82) is 0 Å². The molecule has 1 aliphatic heterocycles. The van der Waals surface area contributed by atoms with Gasteiger partial charge in [0.1, 0.15) is 6.61 Å². The number of para-hydroxylation sites is 2. The lowest BCUT2D eigenvalue weighted by Crippen LogP contribution is -2.25. The van der Waals surface area contributed by atoms with E-state index in [9.17, 15) is 0 Å². The Labute approximate surface area is 121 Å². The Hall–Kier alpha value is -1.26. The monoisotopic (exact) mass is 279 g/mol. The molecule has 1 saturated heterocycles. The molecule has 0 aromatic heterocycles. The van der Waals surface area contributed by atoms with Crippen molar-refractivity contribution in [3.8, 4) is 11.5 Å². The maximum atomic E-state index is 5.74. The van der Waals surface area contributed by atoms with Gasteiger partial charge in [0, 0.05) is 13.2 Å². The van der Waals surface area contributed by atoms with E-state index in [1.165, 1.54) is 12.8 Å². The van der Waals surface area contributed by atoms with Crippen LogP contribution in [0.5, 0.6) is 11.5 Å². The summed E-state index contributed by atoms with van der Waals surface area (Å²) in [7, 11) is 0. The molecular weight excluding hydrogens is 254 g/mol. The highest BCUT2D eigenvalue weighted by Crippen LogP contribution is 2.26. The van der Waals surface area contributed by atoms with Crippen LogP contribution in [0.2, 0.25) is 0 Å². The molecule has 112 valence electrons. The quantitative estimate of drug-likeness (QED) is 0.705. The number of benzene rings is 1. The third-order valence-electron chi connectivity index (χ3n) is 3.35. The molecule has 1 aromatic rings. The van der Waals surface area contributed by atoms with Crippen LogP contribution >= 0.6 is 0 Å². The van der Waals surface area contributed by atoms with Crippen LogP contribution in [0.3, 0.4) is 0 Å². The molecule has 1 fully saturated rings. The lowest BCUT2D eigenvalue weighted by Gasteiger charge is -2.13. The Morgan fingerprint density at radius 3 is 2.70 bits per heavy atom. The Morgan fingerprint density at radius 2 is 2.00 bits per heavy atom. The summed E-state index contributed by atoms with van der Waals surface area (Å²) in [5.74, 6) is 1.63. The lowest BCUT2D eigenvalue weighted by atomic mass is 10.2. The molecule has 0 bridgehead atoms. The van der Waals surface area contributed by atoms with Gasteiger partial charge in [-0.3, -0.25) is 0 Å². The largest absolute Gasteiger partial charge is 0.490 e. The van der Waals surface area contributed by atoms with Crippen molar-refractivity contribution in [1.82, 2.24) is 5.32 Å². The minimum atomic E-state index is 0.460. The molecule has 1 aromatic carbocycles. The van der Waals surface area contributed by atoms with Crippen LogP contribution in [-0.4, -0.2) is 39.0 Å². The van der Waals surface area contributed by atoms with E-state index in [1.807, 2.05) is 31.2 Å². The molecule has 0 saturated carbocycles. The summed E-state index contributed by atoms with van der Waals surface area (Å²) in [4.78, 5) is 0. The molecular formula is C16H25NO3. The topological polar surface area (TPSA) is 39.7 Å². The number of nitrogens with one attached hydrogen (secondary N) is 1. The van der Waals surface area contributed by atoms with Gasteiger partial charge in [-0.25, -0.2) is 0 Å². The molecule has 4 heteroatoms. The third-order valence-corrected chi connectivity index (χ3v) is 3.35. The minimum Gasteiger partial charge on any atom is -0.490 e. The first-order valence-electron chi connectivity index (χ1n) is 7.57.